The number of ether oxygens (including phenoxy) is 1. The number of unbranched alkanes of at least 4 members (excludes halogenated alkanes) is 13. The molecule has 0 heterocycles. The molecule has 0 aromatic heterocycles. The maximum absolute atomic E-state index is 11.9. The summed E-state index contributed by atoms with van der Waals surface area (Å²) >= 11 is 0. The van der Waals surface area contributed by atoms with Crippen molar-refractivity contribution in [2.75, 3.05) is 6.61 Å². The molecule has 1 N–H and O–H groups in total. The van der Waals surface area contributed by atoms with Gasteiger partial charge in [-0.1, -0.05) is 129 Å². The Morgan fingerprint density at radius 1 is 0.800 bits per heavy atom. The van der Waals surface area contributed by atoms with E-state index in [4.69, 9.17) is 4.74 Å². The minimum absolute atomic E-state index is 0.00550. The lowest BCUT2D eigenvalue weighted by molar-refractivity contribution is -0.145. The van der Waals surface area contributed by atoms with Gasteiger partial charge in [-0.15, -0.1) is 0 Å². The molecule has 1 aromatic carbocycles. The van der Waals surface area contributed by atoms with E-state index in [1.54, 1.807) is 6.07 Å². The quantitative estimate of drug-likeness (QED) is 0.123. The number of carbonyl (C=O) groups is 1. The third-order valence-electron chi connectivity index (χ3n) is 7.48. The Morgan fingerprint density at radius 3 is 1.91 bits per heavy atom. The van der Waals surface area contributed by atoms with E-state index in [0.29, 0.717) is 30.6 Å². The molecule has 0 saturated carbocycles. The SMILES string of the molecule is CCCCC(CC)COC(=O)CCCCCCCCCCCCCCCC(C)c1cccc(O)c1. The van der Waals surface area contributed by atoms with Crippen molar-refractivity contribution < 1.29 is 14.6 Å². The van der Waals surface area contributed by atoms with Crippen LogP contribution >= 0.6 is 0 Å². The van der Waals surface area contributed by atoms with Gasteiger partial charge in [-0.05, 0) is 48.8 Å². The summed E-state index contributed by atoms with van der Waals surface area (Å²) in [5, 5.41) is 9.62. The Bertz CT molecular complexity index is 627. The van der Waals surface area contributed by atoms with Crippen LogP contribution in [0.15, 0.2) is 24.3 Å². The molecule has 0 aliphatic heterocycles. The molecule has 2 atom stereocenters. The molecule has 0 aliphatic rings. The van der Waals surface area contributed by atoms with E-state index in [-0.39, 0.29) is 5.97 Å². The average Bonchev–Trinajstić information content (AvgIpc) is 2.86. The zero-order valence-corrected chi connectivity index (χ0v) is 23.4. The second kappa shape index (κ2) is 21.7. The third-order valence-corrected chi connectivity index (χ3v) is 7.48. The second-order valence-electron chi connectivity index (χ2n) is 10.7. The minimum Gasteiger partial charge on any atom is -0.508 e. The summed E-state index contributed by atoms with van der Waals surface area (Å²) in [6, 6.07) is 7.71. The van der Waals surface area contributed by atoms with Crippen LogP contribution < -0.4 is 0 Å². The van der Waals surface area contributed by atoms with Crippen molar-refractivity contribution in [2.45, 2.75) is 149 Å². The highest BCUT2D eigenvalue weighted by molar-refractivity contribution is 5.69. The fourth-order valence-electron chi connectivity index (χ4n) is 4.84. The first-order chi connectivity index (χ1) is 17.1. The van der Waals surface area contributed by atoms with Gasteiger partial charge < -0.3 is 9.84 Å². The van der Waals surface area contributed by atoms with Crippen molar-refractivity contribution in [1.82, 2.24) is 0 Å². The number of aromatic hydroxyl groups is 1. The number of esters is 1. The van der Waals surface area contributed by atoms with Gasteiger partial charge in [0, 0.05) is 6.42 Å². The molecule has 0 saturated heterocycles. The van der Waals surface area contributed by atoms with E-state index in [9.17, 15) is 9.90 Å². The summed E-state index contributed by atoms with van der Waals surface area (Å²) in [4.78, 5) is 11.9. The summed E-state index contributed by atoms with van der Waals surface area (Å²) in [6.45, 7) is 7.29. The van der Waals surface area contributed by atoms with Gasteiger partial charge >= 0.3 is 5.97 Å². The molecule has 0 spiro atoms. The highest BCUT2D eigenvalue weighted by Gasteiger charge is 2.10. The van der Waals surface area contributed by atoms with Crippen LogP contribution in [0.2, 0.25) is 0 Å². The number of hydrogen-bond acceptors (Lipinski definition) is 3. The maximum Gasteiger partial charge on any atom is 0.305 e. The van der Waals surface area contributed by atoms with Gasteiger partial charge in [0.15, 0.2) is 0 Å². The first-order valence-electron chi connectivity index (χ1n) is 15.0. The highest BCUT2D eigenvalue weighted by atomic mass is 16.5. The fraction of sp³-hybridized carbons (Fsp3) is 0.781. The third kappa shape index (κ3) is 17.5. The van der Waals surface area contributed by atoms with Crippen molar-refractivity contribution in [3.8, 4) is 5.75 Å². The molecule has 0 amide bonds. The summed E-state index contributed by atoms with van der Waals surface area (Å²) in [5.41, 5.74) is 1.26. The normalized spacial score (nSPS) is 13.0. The van der Waals surface area contributed by atoms with Crippen LogP contribution in [-0.4, -0.2) is 17.7 Å². The van der Waals surface area contributed by atoms with E-state index >= 15 is 0 Å². The van der Waals surface area contributed by atoms with Gasteiger partial charge in [0.25, 0.3) is 0 Å². The second-order valence-corrected chi connectivity index (χ2v) is 10.7. The van der Waals surface area contributed by atoms with Crippen LogP contribution in [0, 0.1) is 5.92 Å². The zero-order chi connectivity index (χ0) is 25.6. The van der Waals surface area contributed by atoms with Crippen LogP contribution in [0.25, 0.3) is 0 Å². The Balaban J connectivity index is 1.82. The number of phenols is 1. The largest absolute Gasteiger partial charge is 0.508 e. The van der Waals surface area contributed by atoms with Gasteiger partial charge in [0.05, 0.1) is 6.61 Å². The molecule has 3 nitrogen and oxygen atoms in total. The highest BCUT2D eigenvalue weighted by Crippen LogP contribution is 2.25. The summed E-state index contributed by atoms with van der Waals surface area (Å²) in [7, 11) is 0. The van der Waals surface area contributed by atoms with Crippen LogP contribution in [0.3, 0.4) is 0 Å². The fourth-order valence-corrected chi connectivity index (χ4v) is 4.84. The molecule has 0 bridgehead atoms. The first kappa shape index (κ1) is 31.5. The van der Waals surface area contributed by atoms with E-state index in [1.807, 2.05) is 12.1 Å². The van der Waals surface area contributed by atoms with E-state index < -0.39 is 0 Å². The zero-order valence-electron chi connectivity index (χ0n) is 23.4. The number of phenolic OH excluding ortho intramolecular Hbond substituents is 1. The maximum atomic E-state index is 11.9. The van der Waals surface area contributed by atoms with Gasteiger partial charge in [0.1, 0.15) is 5.75 Å². The smallest absolute Gasteiger partial charge is 0.305 e. The molecule has 1 rings (SSSR count). The molecule has 2 unspecified atom stereocenters. The molecule has 202 valence electrons. The molecule has 3 heteroatoms. The molecule has 35 heavy (non-hydrogen) atoms. The van der Waals surface area contributed by atoms with Crippen molar-refractivity contribution in [3.63, 3.8) is 0 Å². The number of rotatable bonds is 23. The number of carbonyl (C=O) groups excluding carboxylic acids is 1. The number of benzene rings is 1. The van der Waals surface area contributed by atoms with Crippen molar-refractivity contribution in [1.29, 1.82) is 0 Å². The Hall–Kier alpha value is -1.51. The predicted octanol–water partition coefficient (Wildman–Crippen LogP) is 10.1. The lowest BCUT2D eigenvalue weighted by Gasteiger charge is -2.14. The van der Waals surface area contributed by atoms with Gasteiger partial charge in [-0.25, -0.2) is 0 Å². The van der Waals surface area contributed by atoms with Crippen LogP contribution in [0.1, 0.15) is 154 Å². The topological polar surface area (TPSA) is 46.5 Å². The van der Waals surface area contributed by atoms with Gasteiger partial charge in [-0.2, -0.15) is 0 Å². The monoisotopic (exact) mass is 488 g/mol. The molecular weight excluding hydrogens is 432 g/mol. The Morgan fingerprint density at radius 2 is 1.37 bits per heavy atom. The van der Waals surface area contributed by atoms with E-state index in [0.717, 1.165) is 19.3 Å². The molecule has 1 aromatic rings. The lowest BCUT2D eigenvalue weighted by Crippen LogP contribution is -2.13. The predicted molar refractivity (Wildman–Crippen MR) is 150 cm³/mol. The van der Waals surface area contributed by atoms with Crippen molar-refractivity contribution in [2.24, 2.45) is 5.92 Å². The van der Waals surface area contributed by atoms with Crippen LogP contribution in [0.5, 0.6) is 5.75 Å². The lowest BCUT2D eigenvalue weighted by atomic mass is 9.94. The van der Waals surface area contributed by atoms with Crippen molar-refractivity contribution >= 4 is 5.97 Å². The Labute approximate surface area is 217 Å². The van der Waals surface area contributed by atoms with E-state index in [1.165, 1.54) is 102 Å². The molecule has 0 aliphatic carbocycles. The van der Waals surface area contributed by atoms with Crippen LogP contribution in [0.4, 0.5) is 0 Å². The molecule has 0 fully saturated rings. The van der Waals surface area contributed by atoms with Gasteiger partial charge in [-0.3, -0.25) is 4.79 Å². The Kier molecular flexibility index (Phi) is 19.6. The summed E-state index contributed by atoms with van der Waals surface area (Å²) in [6.07, 6.45) is 23.4. The number of hydrogen-bond donors (Lipinski definition) is 1. The standard InChI is InChI=1S/C32H56O3/c1-4-6-22-29(5-2)27-35-32(34)25-19-17-15-13-11-9-7-8-10-12-14-16-18-21-28(3)30-23-20-24-31(33)26-30/h20,23-24,26,28-29,33H,4-19,21-22,25,27H2,1-3H3. The van der Waals surface area contributed by atoms with Gasteiger partial charge in [0.2, 0.25) is 0 Å². The summed E-state index contributed by atoms with van der Waals surface area (Å²) < 4.78 is 5.49. The summed E-state index contributed by atoms with van der Waals surface area (Å²) in [5.74, 6) is 1.46. The first-order valence-corrected chi connectivity index (χ1v) is 15.0. The average molecular weight is 489 g/mol. The molecule has 0 radical (unpaired) electrons. The van der Waals surface area contributed by atoms with Crippen LogP contribution in [-0.2, 0) is 9.53 Å². The van der Waals surface area contributed by atoms with E-state index in [2.05, 4.69) is 26.8 Å². The minimum atomic E-state index is 0.00550. The van der Waals surface area contributed by atoms with Crippen molar-refractivity contribution in [3.05, 3.63) is 29.8 Å². The molecular formula is C32H56O3.